The van der Waals surface area contributed by atoms with Crippen molar-refractivity contribution < 1.29 is 14.4 Å². The third kappa shape index (κ3) is 4.22. The minimum absolute atomic E-state index is 0.0892. The summed E-state index contributed by atoms with van der Waals surface area (Å²) in [5.41, 5.74) is 6.06. The second-order valence-corrected chi connectivity index (χ2v) is 4.18. The van der Waals surface area contributed by atoms with Gasteiger partial charge in [0.05, 0.1) is 6.54 Å². The number of hydrogen-bond acceptors (Lipinski definition) is 4. The molecule has 0 unspecified atom stereocenters. The van der Waals surface area contributed by atoms with Gasteiger partial charge in [0.1, 0.15) is 5.82 Å². The van der Waals surface area contributed by atoms with Crippen molar-refractivity contribution in [1.29, 1.82) is 0 Å². The highest BCUT2D eigenvalue weighted by molar-refractivity contribution is 5.97. The Morgan fingerprint density at radius 1 is 1.53 bits per heavy atom. The van der Waals surface area contributed by atoms with Gasteiger partial charge in [-0.1, -0.05) is 17.3 Å². The van der Waals surface area contributed by atoms with Crippen molar-refractivity contribution in [2.24, 2.45) is 10.9 Å². The Labute approximate surface area is 110 Å². The molecule has 0 bridgehead atoms. The molecular formula is C12H17FN4O2. The third-order valence-electron chi connectivity index (χ3n) is 2.55. The van der Waals surface area contributed by atoms with E-state index in [-0.39, 0.29) is 24.8 Å². The lowest BCUT2D eigenvalue weighted by Crippen LogP contribution is -2.32. The van der Waals surface area contributed by atoms with Crippen LogP contribution < -0.4 is 11.1 Å². The highest BCUT2D eigenvalue weighted by Crippen LogP contribution is 2.10. The Kier molecular flexibility index (Phi) is 5.25. The highest BCUT2D eigenvalue weighted by Gasteiger charge is 2.08. The number of carbonyl (C=O) groups excluding carboxylic acids is 1. The zero-order valence-corrected chi connectivity index (χ0v) is 10.9. The summed E-state index contributed by atoms with van der Waals surface area (Å²) in [4.78, 5) is 12.8. The second kappa shape index (κ2) is 6.69. The normalized spacial score (nSPS) is 11.4. The maximum atomic E-state index is 13.7. The molecule has 0 aromatic heterocycles. The standard InChI is InChI=1S/C12H17FN4O2/c1-17(2)11(18)7-15-6-9-4-3-8(5-10(9)13)12(14)16-19/h3-5,15,19H,6-7H2,1-2H3,(H2,14,16). The van der Waals surface area contributed by atoms with Crippen LogP contribution in [0.25, 0.3) is 0 Å². The number of oxime groups is 1. The van der Waals surface area contributed by atoms with Crippen LogP contribution in [0.5, 0.6) is 0 Å². The van der Waals surface area contributed by atoms with Crippen LogP contribution in [0.15, 0.2) is 23.4 Å². The molecule has 0 radical (unpaired) electrons. The predicted molar refractivity (Wildman–Crippen MR) is 69.3 cm³/mol. The second-order valence-electron chi connectivity index (χ2n) is 4.18. The van der Waals surface area contributed by atoms with Gasteiger partial charge in [0.25, 0.3) is 0 Å². The van der Waals surface area contributed by atoms with Gasteiger partial charge in [0.2, 0.25) is 5.91 Å². The van der Waals surface area contributed by atoms with E-state index in [0.29, 0.717) is 11.1 Å². The minimum Gasteiger partial charge on any atom is -0.409 e. The number of nitrogens with two attached hydrogens (primary N) is 1. The van der Waals surface area contributed by atoms with Gasteiger partial charge >= 0.3 is 0 Å². The van der Waals surface area contributed by atoms with Crippen LogP contribution in [0.1, 0.15) is 11.1 Å². The molecule has 0 heterocycles. The third-order valence-corrected chi connectivity index (χ3v) is 2.55. The van der Waals surface area contributed by atoms with Crippen LogP contribution in [-0.4, -0.2) is 42.5 Å². The molecule has 1 aromatic carbocycles. The van der Waals surface area contributed by atoms with Gasteiger partial charge in [0, 0.05) is 31.8 Å². The molecule has 0 aliphatic carbocycles. The lowest BCUT2D eigenvalue weighted by Gasteiger charge is -2.11. The molecule has 7 heteroatoms. The van der Waals surface area contributed by atoms with E-state index < -0.39 is 5.82 Å². The summed E-state index contributed by atoms with van der Waals surface area (Å²) in [7, 11) is 3.30. The van der Waals surface area contributed by atoms with Gasteiger partial charge in [-0.05, 0) is 6.07 Å². The zero-order chi connectivity index (χ0) is 14.4. The fourth-order valence-electron chi connectivity index (χ4n) is 1.37. The van der Waals surface area contributed by atoms with Gasteiger partial charge in [-0.15, -0.1) is 0 Å². The fraction of sp³-hybridized carbons (Fsp3) is 0.333. The molecule has 0 saturated heterocycles. The number of amides is 1. The predicted octanol–water partition coefficient (Wildman–Crippen LogP) is 0.0980. The van der Waals surface area contributed by atoms with E-state index in [9.17, 15) is 9.18 Å². The Bertz CT molecular complexity index is 489. The summed E-state index contributed by atoms with van der Waals surface area (Å²) in [5, 5.41) is 14.1. The lowest BCUT2D eigenvalue weighted by atomic mass is 10.1. The molecule has 19 heavy (non-hydrogen) atoms. The molecule has 1 amide bonds. The molecule has 0 saturated carbocycles. The minimum atomic E-state index is -0.478. The van der Waals surface area contributed by atoms with Crippen LogP contribution in [0.3, 0.4) is 0 Å². The van der Waals surface area contributed by atoms with Gasteiger partial charge < -0.3 is 21.2 Å². The summed E-state index contributed by atoms with van der Waals surface area (Å²) in [6.45, 7) is 0.357. The van der Waals surface area contributed by atoms with Crippen LogP contribution in [0.2, 0.25) is 0 Å². The summed E-state index contributed by atoms with van der Waals surface area (Å²) in [5.74, 6) is -0.719. The van der Waals surface area contributed by atoms with E-state index in [0.717, 1.165) is 0 Å². The molecule has 0 aliphatic heterocycles. The van der Waals surface area contributed by atoms with E-state index in [2.05, 4.69) is 10.5 Å². The first-order valence-corrected chi connectivity index (χ1v) is 5.63. The SMILES string of the molecule is CN(C)C(=O)CNCc1ccc(C(N)=NO)cc1F. The molecule has 6 nitrogen and oxygen atoms in total. The number of halogens is 1. The average Bonchev–Trinajstić information content (AvgIpc) is 2.39. The quantitative estimate of drug-likeness (QED) is 0.306. The first kappa shape index (κ1) is 14.9. The van der Waals surface area contributed by atoms with Crippen LogP contribution in [-0.2, 0) is 11.3 Å². The molecule has 4 N–H and O–H groups in total. The molecule has 0 spiro atoms. The summed E-state index contributed by atoms with van der Waals surface area (Å²) >= 11 is 0. The number of rotatable bonds is 5. The largest absolute Gasteiger partial charge is 0.409 e. The molecule has 0 fully saturated rings. The number of nitrogens with zero attached hydrogens (tertiary/aromatic N) is 2. The van der Waals surface area contributed by atoms with E-state index in [1.807, 2.05) is 0 Å². The summed E-state index contributed by atoms with van der Waals surface area (Å²) in [6.07, 6.45) is 0. The van der Waals surface area contributed by atoms with Gasteiger partial charge in [-0.2, -0.15) is 0 Å². The molecule has 0 aliphatic rings. The highest BCUT2D eigenvalue weighted by atomic mass is 19.1. The number of benzene rings is 1. The zero-order valence-electron chi connectivity index (χ0n) is 10.9. The van der Waals surface area contributed by atoms with E-state index in [1.54, 1.807) is 20.2 Å². The first-order valence-electron chi connectivity index (χ1n) is 5.63. The van der Waals surface area contributed by atoms with Crippen molar-refractivity contribution in [2.75, 3.05) is 20.6 Å². The van der Waals surface area contributed by atoms with Crippen LogP contribution in [0, 0.1) is 5.82 Å². The first-order chi connectivity index (χ1) is 8.95. The summed E-state index contributed by atoms with van der Waals surface area (Å²) in [6, 6.07) is 4.25. The maximum Gasteiger partial charge on any atom is 0.236 e. The smallest absolute Gasteiger partial charge is 0.236 e. The Hall–Kier alpha value is -2.15. The number of likely N-dealkylation sites (N-methyl/N-ethyl adjacent to an activating group) is 1. The average molecular weight is 268 g/mol. The number of hydrogen-bond donors (Lipinski definition) is 3. The van der Waals surface area contributed by atoms with Gasteiger partial charge in [0.15, 0.2) is 5.84 Å². The molecule has 1 aromatic rings. The van der Waals surface area contributed by atoms with Crippen molar-refractivity contribution in [3.8, 4) is 0 Å². The number of nitrogens with one attached hydrogen (secondary N) is 1. The topological polar surface area (TPSA) is 91.0 Å². The fourth-order valence-corrected chi connectivity index (χ4v) is 1.37. The van der Waals surface area contributed by atoms with Crippen LogP contribution in [0.4, 0.5) is 4.39 Å². The van der Waals surface area contributed by atoms with Crippen molar-refractivity contribution in [3.63, 3.8) is 0 Å². The van der Waals surface area contributed by atoms with E-state index in [1.165, 1.54) is 17.0 Å². The van der Waals surface area contributed by atoms with Crippen molar-refractivity contribution in [1.82, 2.24) is 10.2 Å². The Morgan fingerprint density at radius 3 is 2.74 bits per heavy atom. The lowest BCUT2D eigenvalue weighted by molar-refractivity contribution is -0.127. The Morgan fingerprint density at radius 2 is 2.21 bits per heavy atom. The van der Waals surface area contributed by atoms with E-state index in [4.69, 9.17) is 10.9 Å². The number of carbonyl (C=O) groups is 1. The molecule has 1 rings (SSSR count). The Balaban J connectivity index is 2.63. The summed E-state index contributed by atoms with van der Waals surface area (Å²) < 4.78 is 13.7. The van der Waals surface area contributed by atoms with Crippen molar-refractivity contribution >= 4 is 11.7 Å². The number of amidine groups is 1. The van der Waals surface area contributed by atoms with Crippen molar-refractivity contribution in [2.45, 2.75) is 6.54 Å². The monoisotopic (exact) mass is 268 g/mol. The van der Waals surface area contributed by atoms with Crippen molar-refractivity contribution in [3.05, 3.63) is 35.1 Å². The molecule has 0 atom stereocenters. The van der Waals surface area contributed by atoms with E-state index >= 15 is 0 Å². The maximum absolute atomic E-state index is 13.7. The van der Waals surface area contributed by atoms with Gasteiger partial charge in [-0.3, -0.25) is 4.79 Å². The molecular weight excluding hydrogens is 251 g/mol. The molecule has 104 valence electrons. The van der Waals surface area contributed by atoms with Crippen LogP contribution >= 0.6 is 0 Å². The van der Waals surface area contributed by atoms with Gasteiger partial charge in [-0.25, -0.2) is 4.39 Å².